The lowest BCUT2D eigenvalue weighted by Gasteiger charge is -2.07. The SMILES string of the molecule is CCOc1cccn2c(C(=O)Nc3ccc(F)cn3)c(C)nc12. The molecular weight excluding hydrogens is 299 g/mol. The number of pyridine rings is 2. The summed E-state index contributed by atoms with van der Waals surface area (Å²) >= 11 is 0. The summed E-state index contributed by atoms with van der Waals surface area (Å²) in [7, 11) is 0. The molecular formula is C16H15FN4O2. The first-order valence-electron chi connectivity index (χ1n) is 7.13. The minimum Gasteiger partial charge on any atom is -0.490 e. The smallest absolute Gasteiger partial charge is 0.275 e. The third-order valence-electron chi connectivity index (χ3n) is 3.27. The summed E-state index contributed by atoms with van der Waals surface area (Å²) in [6.45, 7) is 4.13. The Hall–Kier alpha value is -2.96. The van der Waals surface area contributed by atoms with Crippen LogP contribution in [-0.4, -0.2) is 26.9 Å². The van der Waals surface area contributed by atoms with Crippen LogP contribution < -0.4 is 10.1 Å². The van der Waals surface area contributed by atoms with E-state index < -0.39 is 5.82 Å². The highest BCUT2D eigenvalue weighted by Gasteiger charge is 2.19. The molecule has 23 heavy (non-hydrogen) atoms. The summed E-state index contributed by atoms with van der Waals surface area (Å²) in [5.41, 5.74) is 1.52. The third-order valence-corrected chi connectivity index (χ3v) is 3.27. The lowest BCUT2D eigenvalue weighted by Crippen LogP contribution is -2.16. The van der Waals surface area contributed by atoms with Crippen molar-refractivity contribution >= 4 is 17.4 Å². The Balaban J connectivity index is 1.98. The Bertz CT molecular complexity index is 858. The highest BCUT2D eigenvalue weighted by molar-refractivity contribution is 6.04. The van der Waals surface area contributed by atoms with Gasteiger partial charge in [0.2, 0.25) is 0 Å². The Morgan fingerprint density at radius 3 is 2.91 bits per heavy atom. The molecule has 0 aromatic carbocycles. The molecule has 1 N–H and O–H groups in total. The van der Waals surface area contributed by atoms with Crippen LogP contribution in [0.1, 0.15) is 23.1 Å². The van der Waals surface area contributed by atoms with Crippen molar-refractivity contribution in [1.29, 1.82) is 0 Å². The number of nitrogens with zero attached hydrogens (tertiary/aromatic N) is 3. The van der Waals surface area contributed by atoms with Crippen molar-refractivity contribution in [3.05, 3.63) is 53.9 Å². The number of anilines is 1. The molecule has 6 nitrogen and oxygen atoms in total. The average molecular weight is 314 g/mol. The zero-order valence-corrected chi connectivity index (χ0v) is 12.7. The number of ether oxygens (including phenoxy) is 1. The zero-order valence-electron chi connectivity index (χ0n) is 12.7. The van der Waals surface area contributed by atoms with Gasteiger partial charge in [0, 0.05) is 6.20 Å². The predicted molar refractivity (Wildman–Crippen MR) is 83.2 cm³/mol. The van der Waals surface area contributed by atoms with Gasteiger partial charge in [0.1, 0.15) is 17.3 Å². The summed E-state index contributed by atoms with van der Waals surface area (Å²) in [6.07, 6.45) is 2.79. The van der Waals surface area contributed by atoms with Crippen LogP contribution in [0.5, 0.6) is 5.75 Å². The van der Waals surface area contributed by atoms with Gasteiger partial charge < -0.3 is 10.1 Å². The molecule has 0 bridgehead atoms. The van der Waals surface area contributed by atoms with Gasteiger partial charge in [-0.1, -0.05) is 0 Å². The first-order valence-corrected chi connectivity index (χ1v) is 7.13. The molecule has 0 aliphatic heterocycles. The van der Waals surface area contributed by atoms with E-state index in [0.29, 0.717) is 29.4 Å². The molecule has 118 valence electrons. The van der Waals surface area contributed by atoms with Crippen LogP contribution in [0, 0.1) is 12.7 Å². The van der Waals surface area contributed by atoms with Crippen LogP contribution in [0.25, 0.3) is 5.65 Å². The number of aromatic nitrogens is 3. The second-order valence-electron chi connectivity index (χ2n) is 4.86. The van der Waals surface area contributed by atoms with Crippen LogP contribution in [0.3, 0.4) is 0 Å². The third kappa shape index (κ3) is 2.85. The standard InChI is InChI=1S/C16H15FN4O2/c1-3-23-12-5-4-8-21-14(10(2)19-15(12)21)16(22)20-13-7-6-11(17)9-18-13/h4-9H,3H2,1-2H3,(H,18,20,22). The fourth-order valence-corrected chi connectivity index (χ4v) is 2.32. The van der Waals surface area contributed by atoms with Crippen molar-refractivity contribution in [2.45, 2.75) is 13.8 Å². The van der Waals surface area contributed by atoms with Crippen LogP contribution in [-0.2, 0) is 0 Å². The summed E-state index contributed by atoms with van der Waals surface area (Å²) in [4.78, 5) is 20.7. The number of imidazole rings is 1. The quantitative estimate of drug-likeness (QED) is 0.804. The van der Waals surface area contributed by atoms with Gasteiger partial charge in [0.05, 0.1) is 18.5 Å². The van der Waals surface area contributed by atoms with Crippen LogP contribution in [0.4, 0.5) is 10.2 Å². The molecule has 0 aliphatic carbocycles. The number of fused-ring (bicyclic) bond motifs is 1. The van der Waals surface area contributed by atoms with Gasteiger partial charge in [-0.25, -0.2) is 14.4 Å². The van der Waals surface area contributed by atoms with E-state index in [0.717, 1.165) is 6.20 Å². The maximum absolute atomic E-state index is 12.9. The molecule has 1 amide bonds. The first-order chi connectivity index (χ1) is 11.1. The van der Waals surface area contributed by atoms with E-state index >= 15 is 0 Å². The van der Waals surface area contributed by atoms with Crippen molar-refractivity contribution in [3.8, 4) is 5.75 Å². The minimum atomic E-state index is -0.463. The number of rotatable bonds is 4. The monoisotopic (exact) mass is 314 g/mol. The molecule has 0 fully saturated rings. The van der Waals surface area contributed by atoms with Crippen molar-refractivity contribution in [2.75, 3.05) is 11.9 Å². The predicted octanol–water partition coefficient (Wildman–Crippen LogP) is 2.83. The molecule has 0 aliphatic rings. The number of hydrogen-bond donors (Lipinski definition) is 1. The lowest BCUT2D eigenvalue weighted by molar-refractivity contribution is 0.102. The van der Waals surface area contributed by atoms with Gasteiger partial charge in [-0.05, 0) is 38.1 Å². The molecule has 7 heteroatoms. The normalized spacial score (nSPS) is 10.7. The zero-order chi connectivity index (χ0) is 16.4. The Kier molecular flexibility index (Phi) is 3.92. The van der Waals surface area contributed by atoms with E-state index in [1.807, 2.05) is 6.92 Å². The topological polar surface area (TPSA) is 68.5 Å². The Labute approximate surface area is 131 Å². The fourth-order valence-electron chi connectivity index (χ4n) is 2.32. The summed E-state index contributed by atoms with van der Waals surface area (Å²) in [5.74, 6) is 0.0434. The molecule has 3 heterocycles. The van der Waals surface area contributed by atoms with Crippen LogP contribution >= 0.6 is 0 Å². The molecule has 3 rings (SSSR count). The summed E-state index contributed by atoms with van der Waals surface area (Å²) < 4.78 is 20.1. The number of hydrogen-bond acceptors (Lipinski definition) is 4. The number of carbonyl (C=O) groups excluding carboxylic acids is 1. The van der Waals surface area contributed by atoms with E-state index in [4.69, 9.17) is 4.74 Å². The highest BCUT2D eigenvalue weighted by atomic mass is 19.1. The van der Waals surface area contributed by atoms with Crippen molar-refractivity contribution in [2.24, 2.45) is 0 Å². The number of amides is 1. The van der Waals surface area contributed by atoms with Gasteiger partial charge in [0.15, 0.2) is 11.4 Å². The summed E-state index contributed by atoms with van der Waals surface area (Å²) in [6, 6.07) is 6.22. The molecule has 3 aromatic rings. The second kappa shape index (κ2) is 6.04. The van der Waals surface area contributed by atoms with Crippen molar-refractivity contribution in [1.82, 2.24) is 14.4 Å². The number of carbonyl (C=O) groups is 1. The molecule has 3 aromatic heterocycles. The van der Waals surface area contributed by atoms with Crippen LogP contribution in [0.2, 0.25) is 0 Å². The van der Waals surface area contributed by atoms with Crippen LogP contribution in [0.15, 0.2) is 36.7 Å². The fraction of sp³-hybridized carbons (Fsp3) is 0.188. The van der Waals surface area contributed by atoms with Crippen molar-refractivity contribution < 1.29 is 13.9 Å². The molecule has 0 atom stereocenters. The number of aryl methyl sites for hydroxylation is 1. The lowest BCUT2D eigenvalue weighted by atomic mass is 10.3. The van der Waals surface area contributed by atoms with E-state index in [9.17, 15) is 9.18 Å². The maximum atomic E-state index is 12.9. The second-order valence-corrected chi connectivity index (χ2v) is 4.86. The molecule has 0 spiro atoms. The van der Waals surface area contributed by atoms with E-state index in [-0.39, 0.29) is 11.7 Å². The largest absolute Gasteiger partial charge is 0.490 e. The van der Waals surface area contributed by atoms with E-state index in [2.05, 4.69) is 15.3 Å². The maximum Gasteiger partial charge on any atom is 0.275 e. The van der Waals surface area contributed by atoms with Gasteiger partial charge in [-0.2, -0.15) is 0 Å². The first kappa shape index (κ1) is 15.0. The Morgan fingerprint density at radius 1 is 1.39 bits per heavy atom. The highest BCUT2D eigenvalue weighted by Crippen LogP contribution is 2.22. The number of nitrogens with one attached hydrogen (secondary N) is 1. The molecule has 0 saturated heterocycles. The summed E-state index contributed by atoms with van der Waals surface area (Å²) in [5, 5.41) is 2.64. The van der Waals surface area contributed by atoms with Gasteiger partial charge >= 0.3 is 0 Å². The van der Waals surface area contributed by atoms with E-state index in [1.165, 1.54) is 12.1 Å². The minimum absolute atomic E-state index is 0.270. The van der Waals surface area contributed by atoms with Gasteiger partial charge in [-0.3, -0.25) is 9.20 Å². The molecule has 0 unspecified atom stereocenters. The number of halogens is 1. The molecule has 0 saturated carbocycles. The van der Waals surface area contributed by atoms with Gasteiger partial charge in [0.25, 0.3) is 5.91 Å². The van der Waals surface area contributed by atoms with E-state index in [1.54, 1.807) is 29.7 Å². The average Bonchev–Trinajstić information content (AvgIpc) is 2.87. The molecule has 0 radical (unpaired) electrons. The Morgan fingerprint density at radius 2 is 2.22 bits per heavy atom. The van der Waals surface area contributed by atoms with Gasteiger partial charge in [-0.15, -0.1) is 0 Å². The van der Waals surface area contributed by atoms with Crippen molar-refractivity contribution in [3.63, 3.8) is 0 Å².